The number of hydrogen-bond acceptors (Lipinski definition) is 2. The third kappa shape index (κ3) is 2.67. The van der Waals surface area contributed by atoms with Crippen LogP contribution in [-0.2, 0) is 0 Å². The van der Waals surface area contributed by atoms with E-state index >= 15 is 0 Å². The highest BCUT2D eigenvalue weighted by Gasteiger charge is 2.23. The molecule has 2 atom stereocenters. The summed E-state index contributed by atoms with van der Waals surface area (Å²) in [7, 11) is 0. The Morgan fingerprint density at radius 1 is 1.16 bits per heavy atom. The number of halogens is 1. The zero-order valence-electron chi connectivity index (χ0n) is 11.8. The Hall–Kier alpha value is -1.32. The van der Waals surface area contributed by atoms with Crippen LogP contribution in [-0.4, -0.2) is 15.8 Å². The van der Waals surface area contributed by atoms with Crippen molar-refractivity contribution in [3.8, 4) is 0 Å². The quantitative estimate of drug-likeness (QED) is 0.934. The molecule has 0 spiro atoms. The van der Waals surface area contributed by atoms with Gasteiger partial charge in [0.15, 0.2) is 0 Å². The fraction of sp³-hybridized carbons (Fsp3) is 0.400. The Morgan fingerprint density at radius 2 is 1.74 bits per heavy atom. The maximum Gasteiger partial charge on any atom is 0.0920 e. The molecule has 1 aromatic heterocycles. The van der Waals surface area contributed by atoms with Crippen molar-refractivity contribution in [2.45, 2.75) is 39.8 Å². The minimum absolute atomic E-state index is 0.00630. The van der Waals surface area contributed by atoms with Crippen molar-refractivity contribution in [3.63, 3.8) is 0 Å². The lowest BCUT2D eigenvalue weighted by molar-refractivity contribution is 0.443. The summed E-state index contributed by atoms with van der Waals surface area (Å²) in [5.41, 5.74) is 10.4. The molecule has 0 bridgehead atoms. The monoisotopic (exact) mass is 277 g/mol. The number of nitrogens with zero attached hydrogens (tertiary/aromatic N) is 2. The van der Waals surface area contributed by atoms with Gasteiger partial charge < -0.3 is 5.73 Å². The predicted octanol–water partition coefficient (Wildman–Crippen LogP) is 3.40. The molecule has 0 saturated carbocycles. The molecular weight excluding hydrogens is 258 g/mol. The summed E-state index contributed by atoms with van der Waals surface area (Å²) in [6.07, 6.45) is 0. The molecule has 2 aromatic rings. The van der Waals surface area contributed by atoms with Gasteiger partial charge in [0.1, 0.15) is 0 Å². The van der Waals surface area contributed by atoms with E-state index in [-0.39, 0.29) is 12.1 Å². The van der Waals surface area contributed by atoms with Crippen LogP contribution in [0.15, 0.2) is 24.3 Å². The van der Waals surface area contributed by atoms with E-state index in [1.165, 1.54) is 5.56 Å². The Kier molecular flexibility index (Phi) is 3.97. The maximum atomic E-state index is 6.24. The molecule has 0 aliphatic carbocycles. The Labute approximate surface area is 119 Å². The highest BCUT2D eigenvalue weighted by molar-refractivity contribution is 6.31. The topological polar surface area (TPSA) is 43.8 Å². The fourth-order valence-corrected chi connectivity index (χ4v) is 2.47. The Balaban J connectivity index is 2.51. The minimum atomic E-state index is -0.0447. The molecule has 0 saturated heterocycles. The van der Waals surface area contributed by atoms with Gasteiger partial charge in [-0.05, 0) is 33.3 Å². The smallest absolute Gasteiger partial charge is 0.0920 e. The molecule has 1 heterocycles. The van der Waals surface area contributed by atoms with E-state index < -0.39 is 0 Å². The van der Waals surface area contributed by atoms with Crippen LogP contribution in [0.25, 0.3) is 0 Å². The molecule has 19 heavy (non-hydrogen) atoms. The average Bonchev–Trinajstić information content (AvgIpc) is 2.60. The lowest BCUT2D eigenvalue weighted by Crippen LogP contribution is -2.31. The number of aromatic nitrogens is 2. The average molecular weight is 278 g/mol. The zero-order valence-corrected chi connectivity index (χ0v) is 12.6. The molecule has 0 aliphatic rings. The first-order valence-electron chi connectivity index (χ1n) is 6.45. The summed E-state index contributed by atoms with van der Waals surface area (Å²) in [5, 5.41) is 5.26. The highest BCUT2D eigenvalue weighted by atomic mass is 35.5. The molecule has 0 amide bonds. The molecule has 102 valence electrons. The first kappa shape index (κ1) is 14.1. The van der Waals surface area contributed by atoms with Gasteiger partial charge in [0.25, 0.3) is 0 Å². The molecule has 1 aromatic carbocycles. The number of nitrogens with two attached hydrogens (primary N) is 1. The van der Waals surface area contributed by atoms with Crippen molar-refractivity contribution in [3.05, 3.63) is 51.8 Å². The molecule has 3 nitrogen and oxygen atoms in total. The molecular formula is C15H20ClN3. The third-order valence-corrected chi connectivity index (χ3v) is 3.96. The van der Waals surface area contributed by atoms with E-state index in [1.54, 1.807) is 0 Å². The predicted molar refractivity (Wildman–Crippen MR) is 79.7 cm³/mol. The maximum absolute atomic E-state index is 6.24. The van der Waals surface area contributed by atoms with E-state index in [0.29, 0.717) is 0 Å². The van der Waals surface area contributed by atoms with Gasteiger partial charge in [-0.3, -0.25) is 4.68 Å². The summed E-state index contributed by atoms with van der Waals surface area (Å²) >= 11 is 6.24. The summed E-state index contributed by atoms with van der Waals surface area (Å²) in [6, 6.07) is 8.36. The van der Waals surface area contributed by atoms with E-state index in [4.69, 9.17) is 17.3 Å². The SMILES string of the molecule is Cc1ccc(C(C(C)N)n2nc(C)c(Cl)c2C)cc1. The van der Waals surface area contributed by atoms with Crippen LogP contribution in [0.1, 0.15) is 35.5 Å². The highest BCUT2D eigenvalue weighted by Crippen LogP contribution is 2.27. The van der Waals surface area contributed by atoms with E-state index in [1.807, 2.05) is 25.5 Å². The molecule has 2 N–H and O–H groups in total. The lowest BCUT2D eigenvalue weighted by atomic mass is 10.00. The van der Waals surface area contributed by atoms with Gasteiger partial charge in [0, 0.05) is 6.04 Å². The molecule has 0 radical (unpaired) electrons. The molecule has 4 heteroatoms. The molecule has 2 rings (SSSR count). The first-order valence-corrected chi connectivity index (χ1v) is 6.83. The van der Waals surface area contributed by atoms with Crippen LogP contribution < -0.4 is 5.73 Å². The summed E-state index contributed by atoms with van der Waals surface area (Å²) in [5.74, 6) is 0. The number of hydrogen-bond donors (Lipinski definition) is 1. The van der Waals surface area contributed by atoms with Gasteiger partial charge in [-0.15, -0.1) is 0 Å². The lowest BCUT2D eigenvalue weighted by Gasteiger charge is -2.23. The van der Waals surface area contributed by atoms with Gasteiger partial charge in [-0.25, -0.2) is 0 Å². The van der Waals surface area contributed by atoms with Crippen molar-refractivity contribution >= 4 is 11.6 Å². The van der Waals surface area contributed by atoms with E-state index in [9.17, 15) is 0 Å². The minimum Gasteiger partial charge on any atom is -0.326 e. The van der Waals surface area contributed by atoms with E-state index in [0.717, 1.165) is 22.0 Å². The van der Waals surface area contributed by atoms with Gasteiger partial charge >= 0.3 is 0 Å². The second-order valence-corrected chi connectivity index (χ2v) is 5.52. The fourth-order valence-electron chi connectivity index (χ4n) is 2.34. The van der Waals surface area contributed by atoms with Crippen LogP contribution in [0.5, 0.6) is 0 Å². The Bertz CT molecular complexity index is 570. The van der Waals surface area contributed by atoms with Crippen LogP contribution in [0.2, 0.25) is 5.02 Å². The van der Waals surface area contributed by atoms with Crippen molar-refractivity contribution < 1.29 is 0 Å². The van der Waals surface area contributed by atoms with Crippen molar-refractivity contribution in [2.75, 3.05) is 0 Å². The van der Waals surface area contributed by atoms with Crippen LogP contribution in [0, 0.1) is 20.8 Å². The zero-order chi connectivity index (χ0) is 14.2. The summed E-state index contributed by atoms with van der Waals surface area (Å²) < 4.78 is 1.94. The molecule has 2 unspecified atom stereocenters. The number of benzene rings is 1. The van der Waals surface area contributed by atoms with Crippen molar-refractivity contribution in [2.24, 2.45) is 5.73 Å². The first-order chi connectivity index (χ1) is 8.91. The van der Waals surface area contributed by atoms with Gasteiger partial charge in [0.2, 0.25) is 0 Å². The van der Waals surface area contributed by atoms with Gasteiger partial charge in [0.05, 0.1) is 22.5 Å². The van der Waals surface area contributed by atoms with Gasteiger partial charge in [-0.1, -0.05) is 41.4 Å². The standard InChI is InChI=1S/C15H20ClN3/c1-9-5-7-13(8-6-9)15(10(2)17)19-12(4)14(16)11(3)18-19/h5-8,10,15H,17H2,1-4H3. The second kappa shape index (κ2) is 5.35. The van der Waals surface area contributed by atoms with E-state index in [2.05, 4.69) is 36.3 Å². The summed E-state index contributed by atoms with van der Waals surface area (Å²) in [6.45, 7) is 7.96. The van der Waals surface area contributed by atoms with Crippen LogP contribution >= 0.6 is 11.6 Å². The van der Waals surface area contributed by atoms with Crippen molar-refractivity contribution in [1.29, 1.82) is 0 Å². The summed E-state index contributed by atoms with van der Waals surface area (Å²) in [4.78, 5) is 0. The van der Waals surface area contributed by atoms with Gasteiger partial charge in [-0.2, -0.15) is 5.10 Å². The van der Waals surface area contributed by atoms with Crippen LogP contribution in [0.3, 0.4) is 0 Å². The molecule has 0 fully saturated rings. The second-order valence-electron chi connectivity index (χ2n) is 5.14. The third-order valence-electron chi connectivity index (χ3n) is 3.42. The largest absolute Gasteiger partial charge is 0.326 e. The Morgan fingerprint density at radius 3 is 2.16 bits per heavy atom. The number of aryl methyl sites for hydroxylation is 2. The van der Waals surface area contributed by atoms with Crippen LogP contribution in [0.4, 0.5) is 0 Å². The number of rotatable bonds is 3. The van der Waals surface area contributed by atoms with Crippen molar-refractivity contribution in [1.82, 2.24) is 9.78 Å². The molecule has 0 aliphatic heterocycles. The normalized spacial score (nSPS) is 14.4.